The molecule has 0 spiro atoms. The van der Waals surface area contributed by atoms with E-state index < -0.39 is 11.4 Å². The van der Waals surface area contributed by atoms with Gasteiger partial charge in [-0.15, -0.1) is 11.3 Å². The maximum absolute atomic E-state index is 12.7. The highest BCUT2D eigenvalue weighted by molar-refractivity contribution is 7.18. The predicted molar refractivity (Wildman–Crippen MR) is 103 cm³/mol. The minimum atomic E-state index is -0.847. The topological polar surface area (TPSA) is 79.3 Å². The molecule has 0 saturated carbocycles. The van der Waals surface area contributed by atoms with E-state index in [2.05, 4.69) is 23.5 Å². The minimum Gasteiger partial charge on any atom is -0.481 e. The number of hydrogen-bond acceptors (Lipinski definition) is 4. The number of amides is 1. The van der Waals surface area contributed by atoms with E-state index in [0.29, 0.717) is 19.4 Å². The highest BCUT2D eigenvalue weighted by atomic mass is 32.1. The van der Waals surface area contributed by atoms with E-state index in [4.69, 9.17) is 4.98 Å². The average Bonchev–Trinajstić information content (AvgIpc) is 3.05. The Labute approximate surface area is 157 Å². The normalized spacial score (nSPS) is 20.2. The van der Waals surface area contributed by atoms with Crippen molar-refractivity contribution in [3.05, 3.63) is 41.4 Å². The number of aromatic nitrogens is 1. The molecule has 138 valence electrons. The van der Waals surface area contributed by atoms with E-state index >= 15 is 0 Å². The van der Waals surface area contributed by atoms with Gasteiger partial charge < -0.3 is 10.4 Å². The van der Waals surface area contributed by atoms with Crippen LogP contribution in [0.5, 0.6) is 0 Å². The molecule has 1 heterocycles. The number of benzene rings is 1. The molecule has 1 aromatic heterocycles. The first-order valence-electron chi connectivity index (χ1n) is 8.90. The first-order valence-corrected chi connectivity index (χ1v) is 9.72. The van der Waals surface area contributed by atoms with Crippen molar-refractivity contribution in [3.8, 4) is 0 Å². The third kappa shape index (κ3) is 3.96. The van der Waals surface area contributed by atoms with Crippen LogP contribution in [0.1, 0.15) is 44.0 Å². The Morgan fingerprint density at radius 2 is 2.00 bits per heavy atom. The largest absolute Gasteiger partial charge is 0.481 e. The smallest absolute Gasteiger partial charge is 0.309 e. The van der Waals surface area contributed by atoms with Gasteiger partial charge in [-0.1, -0.05) is 24.3 Å². The molecule has 26 heavy (non-hydrogen) atoms. The van der Waals surface area contributed by atoms with Crippen molar-refractivity contribution in [3.63, 3.8) is 0 Å². The summed E-state index contributed by atoms with van der Waals surface area (Å²) in [6.07, 6.45) is 6.07. The van der Waals surface area contributed by atoms with Gasteiger partial charge in [-0.2, -0.15) is 0 Å². The van der Waals surface area contributed by atoms with Gasteiger partial charge in [0, 0.05) is 12.5 Å². The Kier molecular flexibility index (Phi) is 5.41. The molecule has 0 aliphatic heterocycles. The highest BCUT2D eigenvalue weighted by Crippen LogP contribution is 2.38. The zero-order valence-electron chi connectivity index (χ0n) is 15.1. The maximum Gasteiger partial charge on any atom is 0.309 e. The summed E-state index contributed by atoms with van der Waals surface area (Å²) in [4.78, 5) is 28.7. The minimum absolute atomic E-state index is 0.0141. The second-order valence-corrected chi connectivity index (χ2v) is 8.47. The van der Waals surface area contributed by atoms with Gasteiger partial charge in [0.05, 0.1) is 26.6 Å². The van der Waals surface area contributed by atoms with Crippen molar-refractivity contribution in [2.45, 2.75) is 39.0 Å². The number of allylic oxidation sites excluding steroid dienone is 2. The lowest BCUT2D eigenvalue weighted by Gasteiger charge is -2.26. The van der Waals surface area contributed by atoms with Crippen molar-refractivity contribution in [1.82, 2.24) is 10.3 Å². The van der Waals surface area contributed by atoms with Gasteiger partial charge in [0.1, 0.15) is 0 Å². The second-order valence-electron chi connectivity index (χ2n) is 7.41. The fourth-order valence-electron chi connectivity index (χ4n) is 3.16. The molecule has 2 N–H and O–H groups in total. The molecule has 1 aliphatic carbocycles. The van der Waals surface area contributed by atoms with Crippen molar-refractivity contribution in [2.24, 2.45) is 11.3 Å². The van der Waals surface area contributed by atoms with Crippen LogP contribution < -0.4 is 5.32 Å². The summed E-state index contributed by atoms with van der Waals surface area (Å²) < 4.78 is 1.14. The maximum atomic E-state index is 12.7. The second kappa shape index (κ2) is 7.58. The highest BCUT2D eigenvalue weighted by Gasteiger charge is 2.33. The number of nitrogens with zero attached hydrogens (tertiary/aromatic N) is 1. The number of hydrogen-bond donors (Lipinski definition) is 2. The average molecular weight is 372 g/mol. The molecule has 2 unspecified atom stereocenters. The molecule has 0 bridgehead atoms. The quantitative estimate of drug-likeness (QED) is 0.752. The van der Waals surface area contributed by atoms with E-state index in [1.807, 2.05) is 18.2 Å². The lowest BCUT2D eigenvalue weighted by atomic mass is 9.82. The van der Waals surface area contributed by atoms with E-state index in [9.17, 15) is 14.7 Å². The molecule has 3 rings (SSSR count). The Morgan fingerprint density at radius 1 is 1.27 bits per heavy atom. The number of aliphatic carboxylic acids is 1. The van der Waals surface area contributed by atoms with Gasteiger partial charge in [-0.3, -0.25) is 9.59 Å². The number of carboxylic acids is 1. The number of carbonyl (C=O) groups is 2. The zero-order chi connectivity index (χ0) is 18.7. The number of para-hydroxylation sites is 1. The van der Waals surface area contributed by atoms with Crippen molar-refractivity contribution < 1.29 is 14.7 Å². The summed E-state index contributed by atoms with van der Waals surface area (Å²) >= 11 is 1.65. The molecule has 0 saturated heterocycles. The van der Waals surface area contributed by atoms with Crippen LogP contribution in [0, 0.1) is 11.3 Å². The summed E-state index contributed by atoms with van der Waals surface area (Å²) in [5, 5.41) is 13.1. The summed E-state index contributed by atoms with van der Waals surface area (Å²) in [5.41, 5.74) is 0.135. The summed E-state index contributed by atoms with van der Waals surface area (Å²) in [6.45, 7) is 3.72. The molecule has 2 aromatic rings. The summed E-state index contributed by atoms with van der Waals surface area (Å²) in [5.74, 6) is -0.946. The van der Waals surface area contributed by atoms with Crippen molar-refractivity contribution >= 4 is 33.4 Å². The molecule has 0 fully saturated rings. The fraction of sp³-hybridized carbons (Fsp3) is 0.450. The number of nitrogens with one attached hydrogen (secondary N) is 1. The predicted octanol–water partition coefficient (Wildman–Crippen LogP) is 3.96. The van der Waals surface area contributed by atoms with Crippen LogP contribution in [-0.2, 0) is 9.59 Å². The van der Waals surface area contributed by atoms with Gasteiger partial charge in [-0.25, -0.2) is 4.98 Å². The van der Waals surface area contributed by atoms with E-state index in [0.717, 1.165) is 21.6 Å². The Bertz CT molecular complexity index is 807. The van der Waals surface area contributed by atoms with Crippen LogP contribution in [0.15, 0.2) is 36.4 Å². The first-order chi connectivity index (χ1) is 12.4. The van der Waals surface area contributed by atoms with Crippen LogP contribution in [0.4, 0.5) is 0 Å². The first kappa shape index (κ1) is 18.6. The van der Waals surface area contributed by atoms with Crippen molar-refractivity contribution in [1.29, 1.82) is 0 Å². The van der Waals surface area contributed by atoms with Crippen LogP contribution >= 0.6 is 11.3 Å². The van der Waals surface area contributed by atoms with Crippen molar-refractivity contribution in [2.75, 3.05) is 6.54 Å². The summed E-state index contributed by atoms with van der Waals surface area (Å²) in [7, 11) is 0. The van der Waals surface area contributed by atoms with Gasteiger partial charge in [0.2, 0.25) is 5.91 Å². The molecule has 5 nitrogen and oxygen atoms in total. The van der Waals surface area contributed by atoms with Gasteiger partial charge >= 0.3 is 5.97 Å². The van der Waals surface area contributed by atoms with Gasteiger partial charge in [0.15, 0.2) is 0 Å². The molecule has 2 atom stereocenters. The van der Waals surface area contributed by atoms with Crippen LogP contribution in [0.25, 0.3) is 10.2 Å². The molecule has 6 heteroatoms. The zero-order valence-corrected chi connectivity index (χ0v) is 15.9. The van der Waals surface area contributed by atoms with Crippen LogP contribution in [-0.4, -0.2) is 28.5 Å². The molecule has 1 aromatic carbocycles. The Morgan fingerprint density at radius 3 is 2.73 bits per heavy atom. The molecule has 0 radical (unpaired) electrons. The van der Waals surface area contributed by atoms with E-state index in [1.54, 1.807) is 25.2 Å². The number of rotatable bonds is 6. The van der Waals surface area contributed by atoms with Gasteiger partial charge in [-0.05, 0) is 45.2 Å². The molecule has 1 aliphatic rings. The van der Waals surface area contributed by atoms with Gasteiger partial charge in [0.25, 0.3) is 0 Å². The lowest BCUT2D eigenvalue weighted by molar-refractivity contribution is -0.147. The summed E-state index contributed by atoms with van der Waals surface area (Å²) in [6, 6.07) is 8.02. The molecular weight excluding hydrogens is 348 g/mol. The standard InChI is InChI=1S/C20H24N2O3S/c1-20(2,19(24)25)11-12-21-17(23)13-7-3-4-8-14(13)18-22-15-9-5-6-10-16(15)26-18/h3-6,9-10,13-14H,7-8,11-12H2,1-2H3,(H,21,23)(H,24,25). The Hall–Kier alpha value is -2.21. The molecule has 1 amide bonds. The number of thiazole rings is 1. The molecular formula is C20H24N2O3S. The number of carboxylic acid groups (broad SMARTS) is 1. The monoisotopic (exact) mass is 372 g/mol. The lowest BCUT2D eigenvalue weighted by Crippen LogP contribution is -2.37. The van der Waals surface area contributed by atoms with E-state index in [1.165, 1.54) is 0 Å². The van der Waals surface area contributed by atoms with Crippen LogP contribution in [0.3, 0.4) is 0 Å². The number of carbonyl (C=O) groups excluding carboxylic acids is 1. The third-order valence-electron chi connectivity index (χ3n) is 5.02. The van der Waals surface area contributed by atoms with E-state index in [-0.39, 0.29) is 17.7 Å². The fourth-order valence-corrected chi connectivity index (χ4v) is 4.31. The number of fused-ring (bicyclic) bond motifs is 1. The SMILES string of the molecule is CC(C)(CCNC(=O)C1CC=CCC1c1nc2ccccc2s1)C(=O)O. The Balaban J connectivity index is 1.69. The third-order valence-corrected chi connectivity index (χ3v) is 6.19. The van der Waals surface area contributed by atoms with Crippen LogP contribution in [0.2, 0.25) is 0 Å².